The summed E-state index contributed by atoms with van der Waals surface area (Å²) in [6.07, 6.45) is 0. The molecule has 0 saturated carbocycles. The van der Waals surface area contributed by atoms with E-state index in [4.69, 9.17) is 9.84 Å². The first-order valence-electron chi connectivity index (χ1n) is 6.26. The number of carboxylic acids is 1. The molecule has 0 bridgehead atoms. The van der Waals surface area contributed by atoms with Crippen molar-refractivity contribution in [2.75, 3.05) is 0 Å². The summed E-state index contributed by atoms with van der Waals surface area (Å²) in [6, 6.07) is 13.1. The standard InChI is InChI=1S/C16H11FO3S/c17-13-3-1-2-4-14(13)20-9-12-8-11-7-10(16(18)19)5-6-15(11)21-12/h1-8H,9H2,(H,18,19). The van der Waals surface area contributed by atoms with Gasteiger partial charge in [0.1, 0.15) is 6.61 Å². The third-order valence-electron chi connectivity index (χ3n) is 3.02. The van der Waals surface area contributed by atoms with E-state index in [0.29, 0.717) is 0 Å². The second kappa shape index (κ2) is 5.54. The number of rotatable bonds is 4. The lowest BCUT2D eigenvalue weighted by Crippen LogP contribution is -1.95. The minimum atomic E-state index is -0.952. The fourth-order valence-electron chi connectivity index (χ4n) is 2.01. The molecule has 0 saturated heterocycles. The molecule has 0 amide bonds. The van der Waals surface area contributed by atoms with Crippen molar-refractivity contribution >= 4 is 27.4 Å². The summed E-state index contributed by atoms with van der Waals surface area (Å²) in [4.78, 5) is 11.8. The molecule has 106 valence electrons. The van der Waals surface area contributed by atoms with Crippen LogP contribution in [0.4, 0.5) is 4.39 Å². The predicted molar refractivity (Wildman–Crippen MR) is 79.5 cm³/mol. The Kier molecular flexibility index (Phi) is 3.58. The topological polar surface area (TPSA) is 46.5 Å². The summed E-state index contributed by atoms with van der Waals surface area (Å²) < 4.78 is 19.9. The molecule has 0 radical (unpaired) electrons. The number of benzene rings is 2. The Labute approximate surface area is 124 Å². The van der Waals surface area contributed by atoms with Crippen LogP contribution < -0.4 is 4.74 Å². The summed E-state index contributed by atoms with van der Waals surface area (Å²) >= 11 is 1.50. The maximum atomic E-state index is 13.5. The molecule has 0 unspecified atom stereocenters. The average Bonchev–Trinajstić information content (AvgIpc) is 2.88. The first-order chi connectivity index (χ1) is 10.1. The van der Waals surface area contributed by atoms with Gasteiger partial charge in [-0.3, -0.25) is 0 Å². The number of carboxylic acid groups (broad SMARTS) is 1. The largest absolute Gasteiger partial charge is 0.485 e. The molecule has 5 heteroatoms. The SMILES string of the molecule is O=C(O)c1ccc2sc(COc3ccccc3F)cc2c1. The zero-order valence-corrected chi connectivity index (χ0v) is 11.7. The number of hydrogen-bond acceptors (Lipinski definition) is 3. The summed E-state index contributed by atoms with van der Waals surface area (Å²) in [5, 5.41) is 9.82. The third kappa shape index (κ3) is 2.87. The third-order valence-corrected chi connectivity index (χ3v) is 4.11. The quantitative estimate of drug-likeness (QED) is 0.781. The highest BCUT2D eigenvalue weighted by atomic mass is 32.1. The molecular formula is C16H11FO3S. The van der Waals surface area contributed by atoms with E-state index < -0.39 is 11.8 Å². The fraction of sp³-hybridized carbons (Fsp3) is 0.0625. The van der Waals surface area contributed by atoms with Gasteiger partial charge >= 0.3 is 5.97 Å². The first-order valence-corrected chi connectivity index (χ1v) is 7.08. The minimum Gasteiger partial charge on any atom is -0.485 e. The van der Waals surface area contributed by atoms with Gasteiger partial charge < -0.3 is 9.84 Å². The van der Waals surface area contributed by atoms with Crippen LogP contribution in [0.3, 0.4) is 0 Å². The average molecular weight is 302 g/mol. The van der Waals surface area contributed by atoms with Crippen molar-refractivity contribution in [1.82, 2.24) is 0 Å². The van der Waals surface area contributed by atoms with E-state index in [-0.39, 0.29) is 17.9 Å². The van der Waals surface area contributed by atoms with Crippen molar-refractivity contribution in [2.24, 2.45) is 0 Å². The maximum Gasteiger partial charge on any atom is 0.335 e. The normalized spacial score (nSPS) is 10.7. The second-order valence-corrected chi connectivity index (χ2v) is 5.66. The van der Waals surface area contributed by atoms with Crippen molar-refractivity contribution in [3.63, 3.8) is 0 Å². The van der Waals surface area contributed by atoms with Gasteiger partial charge in [0.2, 0.25) is 0 Å². The van der Waals surface area contributed by atoms with E-state index >= 15 is 0 Å². The molecule has 3 rings (SSSR count). The van der Waals surface area contributed by atoms with Gasteiger partial charge in [-0.2, -0.15) is 0 Å². The van der Waals surface area contributed by atoms with Gasteiger partial charge in [-0.05, 0) is 41.8 Å². The number of halogens is 1. The monoisotopic (exact) mass is 302 g/mol. The fourth-order valence-corrected chi connectivity index (χ4v) is 2.97. The van der Waals surface area contributed by atoms with Gasteiger partial charge in [-0.1, -0.05) is 12.1 Å². The van der Waals surface area contributed by atoms with Gasteiger partial charge in [0, 0.05) is 9.58 Å². The molecule has 1 N–H and O–H groups in total. The van der Waals surface area contributed by atoms with Crippen molar-refractivity contribution < 1.29 is 19.0 Å². The molecule has 1 heterocycles. The van der Waals surface area contributed by atoms with Gasteiger partial charge in [0.15, 0.2) is 11.6 Å². The smallest absolute Gasteiger partial charge is 0.335 e. The molecule has 0 aliphatic rings. The van der Waals surface area contributed by atoms with Crippen LogP contribution in [0.5, 0.6) is 5.75 Å². The molecule has 2 aromatic carbocycles. The van der Waals surface area contributed by atoms with Gasteiger partial charge in [0.25, 0.3) is 0 Å². The van der Waals surface area contributed by atoms with Crippen LogP contribution in [0.2, 0.25) is 0 Å². The maximum absolute atomic E-state index is 13.5. The van der Waals surface area contributed by atoms with Gasteiger partial charge in [0.05, 0.1) is 5.56 Å². The van der Waals surface area contributed by atoms with Crippen molar-refractivity contribution in [3.8, 4) is 5.75 Å². The molecule has 3 aromatic rings. The van der Waals surface area contributed by atoms with Crippen LogP contribution in [0.1, 0.15) is 15.2 Å². The first kappa shape index (κ1) is 13.6. The molecule has 0 aliphatic carbocycles. The summed E-state index contributed by atoms with van der Waals surface area (Å²) in [5.41, 5.74) is 0.252. The van der Waals surface area contributed by atoms with Crippen molar-refractivity contribution in [1.29, 1.82) is 0 Å². The number of hydrogen-bond donors (Lipinski definition) is 1. The molecule has 21 heavy (non-hydrogen) atoms. The zero-order valence-electron chi connectivity index (χ0n) is 10.9. The van der Waals surface area contributed by atoms with Crippen LogP contribution in [0.15, 0.2) is 48.5 Å². The Balaban J connectivity index is 1.82. The van der Waals surface area contributed by atoms with E-state index in [2.05, 4.69) is 0 Å². The lowest BCUT2D eigenvalue weighted by atomic mass is 10.1. The molecule has 1 aromatic heterocycles. The van der Waals surface area contributed by atoms with E-state index in [0.717, 1.165) is 15.0 Å². The summed E-state index contributed by atoms with van der Waals surface area (Å²) in [7, 11) is 0. The molecule has 0 spiro atoms. The molecule has 3 nitrogen and oxygen atoms in total. The lowest BCUT2D eigenvalue weighted by Gasteiger charge is -2.04. The number of aromatic carboxylic acids is 1. The predicted octanol–water partition coefficient (Wildman–Crippen LogP) is 4.32. The van der Waals surface area contributed by atoms with E-state index in [1.807, 2.05) is 6.07 Å². The van der Waals surface area contributed by atoms with Crippen LogP contribution >= 0.6 is 11.3 Å². The van der Waals surface area contributed by atoms with E-state index in [1.165, 1.54) is 17.4 Å². The van der Waals surface area contributed by atoms with Gasteiger partial charge in [-0.25, -0.2) is 9.18 Å². The highest BCUT2D eigenvalue weighted by Gasteiger charge is 2.08. The highest BCUT2D eigenvalue weighted by Crippen LogP contribution is 2.28. The van der Waals surface area contributed by atoms with Crippen molar-refractivity contribution in [3.05, 3.63) is 64.8 Å². The number of para-hydroxylation sites is 1. The van der Waals surface area contributed by atoms with Crippen LogP contribution in [-0.2, 0) is 6.61 Å². The molecule has 0 atom stereocenters. The number of thiophene rings is 1. The Morgan fingerprint density at radius 1 is 1.19 bits per heavy atom. The van der Waals surface area contributed by atoms with Gasteiger partial charge in [-0.15, -0.1) is 11.3 Å². The number of carbonyl (C=O) groups is 1. The number of ether oxygens (including phenoxy) is 1. The zero-order chi connectivity index (χ0) is 14.8. The van der Waals surface area contributed by atoms with E-state index in [1.54, 1.807) is 36.4 Å². The summed E-state index contributed by atoms with van der Waals surface area (Å²) in [6.45, 7) is 0.253. The second-order valence-electron chi connectivity index (χ2n) is 4.49. The Morgan fingerprint density at radius 3 is 2.76 bits per heavy atom. The van der Waals surface area contributed by atoms with Crippen molar-refractivity contribution in [2.45, 2.75) is 6.61 Å². The highest BCUT2D eigenvalue weighted by molar-refractivity contribution is 7.19. The van der Waals surface area contributed by atoms with Crippen LogP contribution in [-0.4, -0.2) is 11.1 Å². The summed E-state index contributed by atoms with van der Waals surface area (Å²) in [5.74, 6) is -1.14. The Bertz CT molecular complexity index is 810. The van der Waals surface area contributed by atoms with Crippen LogP contribution in [0, 0.1) is 5.82 Å². The molecular weight excluding hydrogens is 291 g/mol. The Hall–Kier alpha value is -2.40. The lowest BCUT2D eigenvalue weighted by molar-refractivity contribution is 0.0697. The number of fused-ring (bicyclic) bond motifs is 1. The molecule has 0 fully saturated rings. The van der Waals surface area contributed by atoms with E-state index in [9.17, 15) is 9.18 Å². The van der Waals surface area contributed by atoms with Crippen LogP contribution in [0.25, 0.3) is 10.1 Å². The minimum absolute atomic E-state index is 0.209. The Morgan fingerprint density at radius 2 is 2.00 bits per heavy atom. The molecule has 0 aliphatic heterocycles.